The Hall–Kier alpha value is -1.39. The number of carboxylic acid groups (broad SMARTS) is 2. The van der Waals surface area contributed by atoms with E-state index in [1.165, 1.54) is 13.8 Å². The molecule has 84 valence electrons. The average Bonchev–Trinajstić information content (AvgIpc) is 2.13. The number of aliphatic carboxylic acids is 2. The summed E-state index contributed by atoms with van der Waals surface area (Å²) in [5.74, 6) is -3.17. The van der Waals surface area contributed by atoms with E-state index in [-0.39, 0.29) is 12.8 Å². The predicted molar refractivity (Wildman–Crippen MR) is 50.3 cm³/mol. The summed E-state index contributed by atoms with van der Waals surface area (Å²) in [5, 5.41) is 17.9. The van der Waals surface area contributed by atoms with Crippen LogP contribution in [0.15, 0.2) is 0 Å². The van der Waals surface area contributed by atoms with Gasteiger partial charge >= 0.3 is 11.9 Å². The number of rotatable bonds is 2. The van der Waals surface area contributed by atoms with Crippen LogP contribution in [0.2, 0.25) is 0 Å². The molecule has 2 N–H and O–H groups in total. The number of carbonyl (C=O) groups is 3. The summed E-state index contributed by atoms with van der Waals surface area (Å²) >= 11 is 0. The largest absolute Gasteiger partial charge is 0.481 e. The van der Waals surface area contributed by atoms with Crippen LogP contribution >= 0.6 is 0 Å². The first-order chi connectivity index (χ1) is 6.75. The Balaban J connectivity index is 3.15. The average molecular weight is 214 g/mol. The molecule has 5 nitrogen and oxygen atoms in total. The third kappa shape index (κ3) is 1.52. The monoisotopic (exact) mass is 214 g/mol. The highest BCUT2D eigenvalue weighted by Gasteiger charge is 2.56. The number of hydrogen-bond donors (Lipinski definition) is 2. The zero-order valence-corrected chi connectivity index (χ0v) is 8.74. The normalized spacial score (nSPS) is 36.3. The van der Waals surface area contributed by atoms with Crippen LogP contribution in [0.4, 0.5) is 0 Å². The molecular formula is C10H14O5. The van der Waals surface area contributed by atoms with E-state index < -0.39 is 28.6 Å². The van der Waals surface area contributed by atoms with Gasteiger partial charge in [0.1, 0.15) is 10.8 Å². The van der Waals surface area contributed by atoms with Crippen LogP contribution in [0.1, 0.15) is 33.1 Å². The molecule has 1 rings (SSSR count). The van der Waals surface area contributed by atoms with Crippen LogP contribution in [0.3, 0.4) is 0 Å². The van der Waals surface area contributed by atoms with Crippen LogP contribution in [-0.2, 0) is 14.4 Å². The van der Waals surface area contributed by atoms with Crippen LogP contribution in [0.5, 0.6) is 0 Å². The molecule has 0 aliphatic heterocycles. The maximum absolute atomic E-state index is 11.9. The van der Waals surface area contributed by atoms with Crippen molar-refractivity contribution in [1.29, 1.82) is 0 Å². The Morgan fingerprint density at radius 2 is 1.40 bits per heavy atom. The zero-order valence-electron chi connectivity index (χ0n) is 8.74. The molecule has 0 bridgehead atoms. The minimum atomic E-state index is -1.55. The fourth-order valence-electron chi connectivity index (χ4n) is 2.04. The van der Waals surface area contributed by atoms with Gasteiger partial charge in [-0.25, -0.2) is 0 Å². The van der Waals surface area contributed by atoms with Gasteiger partial charge in [-0.15, -0.1) is 0 Å². The lowest BCUT2D eigenvalue weighted by Gasteiger charge is -2.37. The maximum atomic E-state index is 11.9. The molecule has 1 saturated carbocycles. The summed E-state index contributed by atoms with van der Waals surface area (Å²) in [7, 11) is 0. The highest BCUT2D eigenvalue weighted by molar-refractivity contribution is 6.13. The Morgan fingerprint density at radius 1 is 1.07 bits per heavy atom. The molecule has 0 aromatic carbocycles. The van der Waals surface area contributed by atoms with Crippen molar-refractivity contribution in [1.82, 2.24) is 0 Å². The topological polar surface area (TPSA) is 91.7 Å². The zero-order chi connectivity index (χ0) is 11.9. The van der Waals surface area contributed by atoms with Crippen LogP contribution in [0, 0.1) is 10.8 Å². The van der Waals surface area contributed by atoms with E-state index in [4.69, 9.17) is 10.2 Å². The van der Waals surface area contributed by atoms with Crippen molar-refractivity contribution < 1.29 is 24.6 Å². The van der Waals surface area contributed by atoms with Gasteiger partial charge in [0.15, 0.2) is 5.78 Å². The fourth-order valence-corrected chi connectivity index (χ4v) is 2.04. The lowest BCUT2D eigenvalue weighted by molar-refractivity contribution is -0.168. The molecule has 1 fully saturated rings. The summed E-state index contributed by atoms with van der Waals surface area (Å²) in [6.07, 6.45) is 0.866. The lowest BCUT2D eigenvalue weighted by atomic mass is 9.62. The van der Waals surface area contributed by atoms with Gasteiger partial charge in [-0.3, -0.25) is 14.4 Å². The molecule has 15 heavy (non-hydrogen) atoms. The Labute approximate surface area is 87.1 Å². The van der Waals surface area contributed by atoms with E-state index in [1.807, 2.05) is 0 Å². The summed E-state index contributed by atoms with van der Waals surface area (Å²) < 4.78 is 0. The van der Waals surface area contributed by atoms with Gasteiger partial charge in [0.25, 0.3) is 0 Å². The molecule has 2 atom stereocenters. The van der Waals surface area contributed by atoms with Crippen LogP contribution in [-0.4, -0.2) is 27.9 Å². The standard InChI is InChI=1S/C10H14O5/c1-9(7(12)13)4-3-5-10(2,6(9)11)8(14)15/h3-5H2,1-2H3,(H,12,13)(H,14,15). The molecule has 1 aliphatic carbocycles. The first kappa shape index (κ1) is 11.7. The Morgan fingerprint density at radius 3 is 1.67 bits per heavy atom. The molecule has 2 unspecified atom stereocenters. The minimum absolute atomic E-state index is 0.212. The van der Waals surface area contributed by atoms with Gasteiger partial charge in [0, 0.05) is 0 Å². The van der Waals surface area contributed by atoms with E-state index in [2.05, 4.69) is 0 Å². The third-order valence-corrected chi connectivity index (χ3v) is 3.30. The van der Waals surface area contributed by atoms with Gasteiger partial charge < -0.3 is 10.2 Å². The number of hydrogen-bond acceptors (Lipinski definition) is 3. The van der Waals surface area contributed by atoms with E-state index in [1.54, 1.807) is 0 Å². The minimum Gasteiger partial charge on any atom is -0.481 e. The number of Topliss-reactive ketones (excluding diaryl/α,β-unsaturated/α-hetero) is 1. The van der Waals surface area contributed by atoms with Crippen molar-refractivity contribution in [2.45, 2.75) is 33.1 Å². The third-order valence-electron chi connectivity index (χ3n) is 3.30. The van der Waals surface area contributed by atoms with Crippen molar-refractivity contribution in [3.8, 4) is 0 Å². The molecule has 1 aliphatic rings. The summed E-state index contributed by atoms with van der Waals surface area (Å²) in [6.45, 7) is 2.61. The summed E-state index contributed by atoms with van der Waals surface area (Å²) in [4.78, 5) is 33.9. The van der Waals surface area contributed by atoms with Crippen molar-refractivity contribution in [3.63, 3.8) is 0 Å². The number of carboxylic acids is 2. The lowest BCUT2D eigenvalue weighted by Crippen LogP contribution is -2.52. The Bertz CT molecular complexity index is 305. The van der Waals surface area contributed by atoms with Crippen molar-refractivity contribution in [3.05, 3.63) is 0 Å². The van der Waals surface area contributed by atoms with Gasteiger partial charge in [-0.2, -0.15) is 0 Å². The summed E-state index contributed by atoms with van der Waals surface area (Å²) in [5.41, 5.74) is -3.10. The van der Waals surface area contributed by atoms with Crippen molar-refractivity contribution in [2.75, 3.05) is 0 Å². The molecule has 0 saturated heterocycles. The van der Waals surface area contributed by atoms with Gasteiger partial charge in [-0.05, 0) is 26.7 Å². The Kier molecular flexibility index (Phi) is 2.59. The molecule has 0 amide bonds. The fraction of sp³-hybridized carbons (Fsp3) is 0.700. The molecule has 0 heterocycles. The molecule has 0 aromatic heterocycles. The van der Waals surface area contributed by atoms with Crippen molar-refractivity contribution >= 4 is 17.7 Å². The molecule has 0 radical (unpaired) electrons. The maximum Gasteiger partial charge on any atom is 0.316 e. The van der Waals surface area contributed by atoms with Crippen molar-refractivity contribution in [2.24, 2.45) is 10.8 Å². The first-order valence-corrected chi connectivity index (χ1v) is 4.77. The van der Waals surface area contributed by atoms with Gasteiger partial charge in [0.05, 0.1) is 0 Å². The molecule has 0 aromatic rings. The van der Waals surface area contributed by atoms with E-state index in [9.17, 15) is 14.4 Å². The van der Waals surface area contributed by atoms with Gasteiger partial charge in [0.2, 0.25) is 0 Å². The van der Waals surface area contributed by atoms with Crippen LogP contribution < -0.4 is 0 Å². The second-order valence-corrected chi connectivity index (χ2v) is 4.46. The number of ketones is 1. The van der Waals surface area contributed by atoms with E-state index >= 15 is 0 Å². The molecular weight excluding hydrogens is 200 g/mol. The number of carbonyl (C=O) groups excluding carboxylic acids is 1. The highest BCUT2D eigenvalue weighted by atomic mass is 16.4. The second-order valence-electron chi connectivity index (χ2n) is 4.46. The molecule has 5 heteroatoms. The smallest absolute Gasteiger partial charge is 0.316 e. The summed E-state index contributed by atoms with van der Waals surface area (Å²) in [6, 6.07) is 0. The second kappa shape index (κ2) is 3.32. The quantitative estimate of drug-likeness (QED) is 0.667. The first-order valence-electron chi connectivity index (χ1n) is 4.77. The SMILES string of the molecule is CC1(C(=O)O)CCCC(C)(C(=O)O)C1=O. The van der Waals surface area contributed by atoms with Crippen LogP contribution in [0.25, 0.3) is 0 Å². The predicted octanol–water partition coefficient (Wildman–Crippen LogP) is 0.921. The molecule has 0 spiro atoms. The van der Waals surface area contributed by atoms with E-state index in [0.29, 0.717) is 6.42 Å². The van der Waals surface area contributed by atoms with Gasteiger partial charge in [-0.1, -0.05) is 6.42 Å². The van der Waals surface area contributed by atoms with E-state index in [0.717, 1.165) is 0 Å². The highest BCUT2D eigenvalue weighted by Crippen LogP contribution is 2.43.